The number of amides is 1. The van der Waals surface area contributed by atoms with Gasteiger partial charge in [0.25, 0.3) is 5.91 Å². The molecule has 0 aliphatic heterocycles. The van der Waals surface area contributed by atoms with E-state index in [9.17, 15) is 4.79 Å². The van der Waals surface area contributed by atoms with Gasteiger partial charge in [-0.3, -0.25) is 4.79 Å². The average Bonchev–Trinajstić information content (AvgIpc) is 2.92. The minimum absolute atomic E-state index is 0.0384. The van der Waals surface area contributed by atoms with Crippen LogP contribution in [0.4, 0.5) is 0 Å². The third-order valence-corrected chi connectivity index (χ3v) is 2.87. The molecule has 0 spiro atoms. The van der Waals surface area contributed by atoms with Crippen LogP contribution in [0.15, 0.2) is 35.0 Å². The number of rotatable bonds is 4. The van der Waals surface area contributed by atoms with E-state index in [2.05, 4.69) is 22.3 Å². The average molecular weight is 284 g/mol. The Balaban J connectivity index is 2.05. The van der Waals surface area contributed by atoms with Gasteiger partial charge in [0.15, 0.2) is 0 Å². The Labute approximate surface area is 123 Å². The summed E-state index contributed by atoms with van der Waals surface area (Å²) in [5, 5.41) is 15.1. The summed E-state index contributed by atoms with van der Waals surface area (Å²) in [6.07, 6.45) is 1.93. The molecule has 1 aromatic carbocycles. The maximum absolute atomic E-state index is 12.0. The van der Waals surface area contributed by atoms with Crippen LogP contribution in [0.5, 0.6) is 0 Å². The Hall–Kier alpha value is -2.58. The first-order valence-corrected chi connectivity index (χ1v) is 6.59. The molecule has 1 heterocycles. The van der Waals surface area contributed by atoms with E-state index in [1.165, 1.54) is 6.20 Å². The van der Waals surface area contributed by atoms with E-state index in [0.29, 0.717) is 18.5 Å². The highest BCUT2D eigenvalue weighted by Gasteiger charge is 2.13. The Morgan fingerprint density at radius 3 is 2.95 bits per heavy atom. The van der Waals surface area contributed by atoms with Crippen molar-refractivity contribution in [3.8, 4) is 11.8 Å². The molecule has 1 amide bonds. The number of nitrogens with one attached hydrogen (secondary N) is 1. The number of hydrogen-bond donors (Lipinski definition) is 2. The first-order chi connectivity index (χ1) is 10.2. The van der Waals surface area contributed by atoms with E-state index in [1.807, 2.05) is 24.3 Å². The molecule has 0 radical (unpaired) electrons. The zero-order chi connectivity index (χ0) is 15.1. The minimum Gasteiger partial charge on any atom is -0.395 e. The molecule has 2 rings (SSSR count). The number of benzene rings is 1. The van der Waals surface area contributed by atoms with Gasteiger partial charge in [-0.1, -0.05) is 35.2 Å². The van der Waals surface area contributed by atoms with Crippen molar-refractivity contribution in [2.45, 2.75) is 19.9 Å². The van der Waals surface area contributed by atoms with Crippen LogP contribution < -0.4 is 5.32 Å². The lowest BCUT2D eigenvalue weighted by atomic mass is 10.1. The van der Waals surface area contributed by atoms with Gasteiger partial charge < -0.3 is 14.9 Å². The van der Waals surface area contributed by atoms with E-state index in [1.54, 1.807) is 6.92 Å². The van der Waals surface area contributed by atoms with Crippen LogP contribution >= 0.6 is 0 Å². The molecule has 5 nitrogen and oxygen atoms in total. The van der Waals surface area contributed by atoms with Crippen molar-refractivity contribution in [3.05, 3.63) is 52.9 Å². The van der Waals surface area contributed by atoms with Gasteiger partial charge in [-0.25, -0.2) is 0 Å². The molecule has 0 aliphatic rings. The number of nitrogens with zero attached hydrogens (tertiary/aromatic N) is 1. The summed E-state index contributed by atoms with van der Waals surface area (Å²) in [7, 11) is 0. The maximum atomic E-state index is 12.0. The standard InChI is InChI=1S/C16H16N2O3/c1-12-10-18-21-15(12)16(20)17-11-14-8-3-2-6-13(14)7-4-5-9-19/h2-3,6,8,10,19H,5,9,11H2,1H3,(H,17,20). The Morgan fingerprint density at radius 2 is 2.24 bits per heavy atom. The highest BCUT2D eigenvalue weighted by molar-refractivity contribution is 5.92. The molecule has 108 valence electrons. The topological polar surface area (TPSA) is 75.4 Å². The molecule has 0 fully saturated rings. The van der Waals surface area contributed by atoms with E-state index in [-0.39, 0.29) is 18.3 Å². The van der Waals surface area contributed by atoms with Gasteiger partial charge in [0.1, 0.15) is 0 Å². The lowest BCUT2D eigenvalue weighted by Gasteiger charge is -2.06. The van der Waals surface area contributed by atoms with Crippen LogP contribution in [0.25, 0.3) is 0 Å². The molecule has 0 atom stereocenters. The number of aliphatic hydroxyl groups excluding tert-OH is 1. The molecule has 21 heavy (non-hydrogen) atoms. The summed E-state index contributed by atoms with van der Waals surface area (Å²) >= 11 is 0. The van der Waals surface area contributed by atoms with Crippen molar-refractivity contribution < 1.29 is 14.4 Å². The van der Waals surface area contributed by atoms with Crippen LogP contribution in [-0.2, 0) is 6.54 Å². The van der Waals surface area contributed by atoms with Crippen LogP contribution in [0.3, 0.4) is 0 Å². The van der Waals surface area contributed by atoms with E-state index in [0.717, 1.165) is 11.1 Å². The third kappa shape index (κ3) is 3.94. The fourth-order valence-corrected chi connectivity index (χ4v) is 1.78. The Bertz CT molecular complexity index is 680. The predicted molar refractivity (Wildman–Crippen MR) is 77.4 cm³/mol. The molecule has 0 saturated carbocycles. The van der Waals surface area contributed by atoms with Gasteiger partial charge in [-0.2, -0.15) is 0 Å². The molecule has 5 heteroatoms. The number of hydrogen-bond acceptors (Lipinski definition) is 4. The van der Waals surface area contributed by atoms with Crippen molar-refractivity contribution in [2.75, 3.05) is 6.61 Å². The molecule has 2 aromatic rings. The van der Waals surface area contributed by atoms with E-state index >= 15 is 0 Å². The first kappa shape index (κ1) is 14.8. The predicted octanol–water partition coefficient (Wildman–Crippen LogP) is 1.65. The fourth-order valence-electron chi connectivity index (χ4n) is 1.78. The number of carbonyl (C=O) groups is 1. The van der Waals surface area contributed by atoms with Crippen LogP contribution in [0.1, 0.15) is 33.7 Å². The third-order valence-electron chi connectivity index (χ3n) is 2.87. The summed E-state index contributed by atoms with van der Waals surface area (Å²) in [5.41, 5.74) is 2.44. The molecule has 1 aromatic heterocycles. The summed E-state index contributed by atoms with van der Waals surface area (Å²) in [6.45, 7) is 2.15. The summed E-state index contributed by atoms with van der Waals surface area (Å²) in [4.78, 5) is 12.0. The smallest absolute Gasteiger partial charge is 0.290 e. The molecule has 2 N–H and O–H groups in total. The zero-order valence-corrected chi connectivity index (χ0v) is 11.7. The first-order valence-electron chi connectivity index (χ1n) is 6.59. The lowest BCUT2D eigenvalue weighted by molar-refractivity contribution is 0.0913. The summed E-state index contributed by atoms with van der Waals surface area (Å²) in [5.74, 6) is 5.78. The SMILES string of the molecule is Cc1cnoc1C(=O)NCc1ccccc1C#CCCO. The fraction of sp³-hybridized carbons (Fsp3) is 0.250. The Kier molecular flexibility index (Phi) is 5.13. The molecular weight excluding hydrogens is 268 g/mol. The molecule has 0 bridgehead atoms. The second kappa shape index (κ2) is 7.27. The molecular formula is C16H16N2O3. The summed E-state index contributed by atoms with van der Waals surface area (Å²) in [6, 6.07) is 7.55. The van der Waals surface area contributed by atoms with Crippen molar-refractivity contribution in [2.24, 2.45) is 0 Å². The van der Waals surface area contributed by atoms with Gasteiger partial charge >= 0.3 is 0 Å². The molecule has 0 saturated heterocycles. The summed E-state index contributed by atoms with van der Waals surface area (Å²) < 4.78 is 4.91. The second-order valence-corrected chi connectivity index (χ2v) is 4.45. The lowest BCUT2D eigenvalue weighted by Crippen LogP contribution is -2.23. The minimum atomic E-state index is -0.303. The number of aryl methyl sites for hydroxylation is 1. The van der Waals surface area contributed by atoms with Crippen LogP contribution in [0, 0.1) is 18.8 Å². The van der Waals surface area contributed by atoms with Gasteiger partial charge in [-0.05, 0) is 18.6 Å². The van der Waals surface area contributed by atoms with Crippen LogP contribution in [-0.4, -0.2) is 22.8 Å². The van der Waals surface area contributed by atoms with Gasteiger partial charge in [0.05, 0.1) is 12.8 Å². The normalized spacial score (nSPS) is 9.81. The van der Waals surface area contributed by atoms with Gasteiger partial charge in [0, 0.05) is 24.1 Å². The Morgan fingerprint density at radius 1 is 1.43 bits per heavy atom. The van der Waals surface area contributed by atoms with Crippen molar-refractivity contribution in [1.82, 2.24) is 10.5 Å². The largest absolute Gasteiger partial charge is 0.395 e. The molecule has 0 unspecified atom stereocenters. The van der Waals surface area contributed by atoms with E-state index in [4.69, 9.17) is 9.63 Å². The quantitative estimate of drug-likeness (QED) is 0.837. The van der Waals surface area contributed by atoms with Gasteiger partial charge in [0.2, 0.25) is 5.76 Å². The van der Waals surface area contributed by atoms with Crippen molar-refractivity contribution >= 4 is 5.91 Å². The highest BCUT2D eigenvalue weighted by atomic mass is 16.5. The second-order valence-electron chi connectivity index (χ2n) is 4.45. The zero-order valence-electron chi connectivity index (χ0n) is 11.7. The number of aromatic nitrogens is 1. The van der Waals surface area contributed by atoms with Crippen LogP contribution in [0.2, 0.25) is 0 Å². The maximum Gasteiger partial charge on any atom is 0.290 e. The van der Waals surface area contributed by atoms with Crippen molar-refractivity contribution in [3.63, 3.8) is 0 Å². The van der Waals surface area contributed by atoms with E-state index < -0.39 is 0 Å². The monoisotopic (exact) mass is 284 g/mol. The van der Waals surface area contributed by atoms with Gasteiger partial charge in [-0.15, -0.1) is 0 Å². The highest BCUT2D eigenvalue weighted by Crippen LogP contribution is 2.09. The number of carbonyl (C=O) groups excluding carboxylic acids is 1. The molecule has 0 aliphatic carbocycles. The number of aliphatic hydroxyl groups is 1. The van der Waals surface area contributed by atoms with Crippen molar-refractivity contribution in [1.29, 1.82) is 0 Å².